The van der Waals surface area contributed by atoms with Gasteiger partial charge in [-0.3, -0.25) is 0 Å². The molecule has 1 heterocycles. The minimum Gasteiger partial charge on any atom is -0.510 e. The second kappa shape index (κ2) is 2.18. The Hall–Kier alpha value is -0.500. The molecule has 1 fully saturated rings. The summed E-state index contributed by atoms with van der Waals surface area (Å²) >= 11 is 0. The molecule has 0 radical (unpaired) electrons. The molecule has 0 bridgehead atoms. The summed E-state index contributed by atoms with van der Waals surface area (Å²) < 4.78 is 5.06. The summed E-state index contributed by atoms with van der Waals surface area (Å²) in [5.41, 5.74) is 0. The van der Waals surface area contributed by atoms with Crippen LogP contribution in [0.15, 0.2) is 12.3 Å². The molecule has 2 heteroatoms. The summed E-state index contributed by atoms with van der Waals surface area (Å²) in [6.07, 6.45) is 1.90. The van der Waals surface area contributed by atoms with Crippen molar-refractivity contribution in [3.05, 3.63) is 12.3 Å². The largest absolute Gasteiger partial charge is 0.510 e. The van der Waals surface area contributed by atoms with E-state index >= 15 is 0 Å². The SMILES string of the molecule is C=C(O)[C@H]1CCCO1. The zero-order valence-corrected chi connectivity index (χ0v) is 4.76. The van der Waals surface area contributed by atoms with Crippen molar-refractivity contribution in [3.8, 4) is 0 Å². The van der Waals surface area contributed by atoms with E-state index in [0.717, 1.165) is 19.4 Å². The van der Waals surface area contributed by atoms with E-state index in [1.165, 1.54) is 0 Å². The maximum atomic E-state index is 8.73. The third kappa shape index (κ3) is 1.01. The van der Waals surface area contributed by atoms with Crippen LogP contribution in [0.25, 0.3) is 0 Å². The molecule has 0 aliphatic carbocycles. The quantitative estimate of drug-likeness (QED) is 0.519. The van der Waals surface area contributed by atoms with E-state index in [1.807, 2.05) is 0 Å². The molecule has 2 nitrogen and oxygen atoms in total. The Labute approximate surface area is 48.8 Å². The first kappa shape index (κ1) is 5.63. The van der Waals surface area contributed by atoms with Crippen LogP contribution in [0.2, 0.25) is 0 Å². The number of aliphatic hydroxyl groups excluding tert-OH is 1. The maximum absolute atomic E-state index is 8.73. The average Bonchev–Trinajstić information content (AvgIpc) is 2.12. The molecule has 1 aliphatic heterocycles. The first-order valence-electron chi connectivity index (χ1n) is 2.80. The number of rotatable bonds is 1. The van der Waals surface area contributed by atoms with Crippen LogP contribution in [0.1, 0.15) is 12.8 Å². The van der Waals surface area contributed by atoms with Crippen LogP contribution < -0.4 is 0 Å². The number of hydrogen-bond acceptors (Lipinski definition) is 2. The molecule has 1 rings (SSSR count). The van der Waals surface area contributed by atoms with E-state index < -0.39 is 0 Å². The Morgan fingerprint density at radius 2 is 2.50 bits per heavy atom. The molecule has 46 valence electrons. The van der Waals surface area contributed by atoms with Gasteiger partial charge in [-0.2, -0.15) is 0 Å². The van der Waals surface area contributed by atoms with Crippen LogP contribution >= 0.6 is 0 Å². The molecule has 0 spiro atoms. The highest BCUT2D eigenvalue weighted by Gasteiger charge is 2.17. The van der Waals surface area contributed by atoms with Crippen LogP contribution in [0.3, 0.4) is 0 Å². The molecular formula is C6H10O2. The zero-order chi connectivity index (χ0) is 5.98. The van der Waals surface area contributed by atoms with E-state index in [9.17, 15) is 0 Å². The van der Waals surface area contributed by atoms with E-state index in [4.69, 9.17) is 9.84 Å². The number of aliphatic hydroxyl groups is 1. The highest BCUT2D eigenvalue weighted by Crippen LogP contribution is 2.15. The molecule has 1 N–H and O–H groups in total. The predicted octanol–water partition coefficient (Wildman–Crippen LogP) is 1.24. The van der Waals surface area contributed by atoms with Crippen molar-refractivity contribution in [1.82, 2.24) is 0 Å². The Bertz CT molecular complexity index is 92.7. The standard InChI is InChI=1S/C6H10O2/c1-5(7)6-3-2-4-8-6/h6-7H,1-4H2/t6-/m1/s1. The fourth-order valence-electron chi connectivity index (χ4n) is 0.840. The van der Waals surface area contributed by atoms with Crippen LogP contribution in [0.5, 0.6) is 0 Å². The summed E-state index contributed by atoms with van der Waals surface area (Å²) in [4.78, 5) is 0. The molecule has 1 saturated heterocycles. The van der Waals surface area contributed by atoms with Gasteiger partial charge in [0.1, 0.15) is 11.9 Å². The Kier molecular flexibility index (Phi) is 1.53. The van der Waals surface area contributed by atoms with Gasteiger partial charge in [-0.1, -0.05) is 6.58 Å². The second-order valence-electron chi connectivity index (χ2n) is 1.99. The van der Waals surface area contributed by atoms with E-state index in [-0.39, 0.29) is 11.9 Å². The normalized spacial score (nSPS) is 28.2. The van der Waals surface area contributed by atoms with Crippen molar-refractivity contribution in [1.29, 1.82) is 0 Å². The summed E-state index contributed by atoms with van der Waals surface area (Å²) in [5, 5.41) is 8.73. The first-order valence-corrected chi connectivity index (χ1v) is 2.80. The van der Waals surface area contributed by atoms with Gasteiger partial charge in [-0.25, -0.2) is 0 Å². The van der Waals surface area contributed by atoms with Gasteiger partial charge in [0.05, 0.1) is 0 Å². The van der Waals surface area contributed by atoms with Gasteiger partial charge in [-0.15, -0.1) is 0 Å². The lowest BCUT2D eigenvalue weighted by Gasteiger charge is -2.04. The van der Waals surface area contributed by atoms with Gasteiger partial charge in [0, 0.05) is 6.61 Å². The van der Waals surface area contributed by atoms with Crippen molar-refractivity contribution in [3.63, 3.8) is 0 Å². The Morgan fingerprint density at radius 3 is 2.75 bits per heavy atom. The second-order valence-corrected chi connectivity index (χ2v) is 1.99. The fourth-order valence-corrected chi connectivity index (χ4v) is 0.840. The van der Waals surface area contributed by atoms with Gasteiger partial charge in [-0.05, 0) is 12.8 Å². The molecule has 0 amide bonds. The minimum atomic E-state index is -0.0741. The Morgan fingerprint density at radius 1 is 1.75 bits per heavy atom. The van der Waals surface area contributed by atoms with Gasteiger partial charge < -0.3 is 9.84 Å². The topological polar surface area (TPSA) is 29.5 Å². The third-order valence-corrected chi connectivity index (χ3v) is 1.30. The van der Waals surface area contributed by atoms with Crippen LogP contribution in [-0.4, -0.2) is 17.8 Å². The van der Waals surface area contributed by atoms with Crippen molar-refractivity contribution < 1.29 is 9.84 Å². The molecule has 0 saturated carbocycles. The van der Waals surface area contributed by atoms with Gasteiger partial charge >= 0.3 is 0 Å². The number of ether oxygens (including phenoxy) is 1. The van der Waals surface area contributed by atoms with E-state index in [0.29, 0.717) is 0 Å². The van der Waals surface area contributed by atoms with Crippen LogP contribution in [-0.2, 0) is 4.74 Å². The fraction of sp³-hybridized carbons (Fsp3) is 0.667. The Balaban J connectivity index is 2.35. The lowest BCUT2D eigenvalue weighted by molar-refractivity contribution is 0.102. The van der Waals surface area contributed by atoms with Crippen molar-refractivity contribution in [2.24, 2.45) is 0 Å². The summed E-state index contributed by atoms with van der Waals surface area (Å²) in [6, 6.07) is 0. The monoisotopic (exact) mass is 114 g/mol. The van der Waals surface area contributed by atoms with Gasteiger partial charge in [0.15, 0.2) is 0 Å². The lowest BCUT2D eigenvalue weighted by atomic mass is 10.2. The lowest BCUT2D eigenvalue weighted by Crippen LogP contribution is -2.06. The third-order valence-electron chi connectivity index (χ3n) is 1.30. The highest BCUT2D eigenvalue weighted by molar-refractivity contribution is 4.91. The molecule has 0 aromatic carbocycles. The van der Waals surface area contributed by atoms with Crippen molar-refractivity contribution in [2.45, 2.75) is 18.9 Å². The summed E-state index contributed by atoms with van der Waals surface area (Å²) in [7, 11) is 0. The van der Waals surface area contributed by atoms with Gasteiger partial charge in [0.2, 0.25) is 0 Å². The average molecular weight is 114 g/mol. The van der Waals surface area contributed by atoms with Gasteiger partial charge in [0.25, 0.3) is 0 Å². The molecular weight excluding hydrogens is 104 g/mol. The van der Waals surface area contributed by atoms with E-state index in [2.05, 4.69) is 6.58 Å². The molecule has 0 aromatic rings. The summed E-state index contributed by atoms with van der Waals surface area (Å²) in [5.74, 6) is 0.169. The van der Waals surface area contributed by atoms with Crippen LogP contribution in [0, 0.1) is 0 Å². The van der Waals surface area contributed by atoms with Crippen molar-refractivity contribution >= 4 is 0 Å². The zero-order valence-electron chi connectivity index (χ0n) is 4.76. The minimum absolute atomic E-state index is 0.0741. The smallest absolute Gasteiger partial charge is 0.114 e. The maximum Gasteiger partial charge on any atom is 0.114 e. The van der Waals surface area contributed by atoms with Crippen LogP contribution in [0.4, 0.5) is 0 Å². The first-order chi connectivity index (χ1) is 3.80. The van der Waals surface area contributed by atoms with E-state index in [1.54, 1.807) is 0 Å². The molecule has 0 unspecified atom stereocenters. The molecule has 0 aromatic heterocycles. The molecule has 1 atom stereocenters. The molecule has 8 heavy (non-hydrogen) atoms. The van der Waals surface area contributed by atoms with Crippen molar-refractivity contribution in [2.75, 3.05) is 6.61 Å². The summed E-state index contributed by atoms with van der Waals surface area (Å²) in [6.45, 7) is 4.14. The molecule has 1 aliphatic rings. The number of hydrogen-bond donors (Lipinski definition) is 1. The highest BCUT2D eigenvalue weighted by atomic mass is 16.5. The predicted molar refractivity (Wildman–Crippen MR) is 30.7 cm³/mol.